The Balaban J connectivity index is 2.77. The van der Waals surface area contributed by atoms with E-state index in [1.54, 1.807) is 0 Å². The van der Waals surface area contributed by atoms with Gasteiger partial charge in [0.05, 0.1) is 6.54 Å². The predicted molar refractivity (Wildman–Crippen MR) is 59.4 cm³/mol. The first-order valence-corrected chi connectivity index (χ1v) is 4.62. The van der Waals surface area contributed by atoms with E-state index in [1.165, 1.54) is 11.1 Å². The first-order chi connectivity index (χ1) is 6.11. The van der Waals surface area contributed by atoms with Crippen molar-refractivity contribution >= 4 is 17.3 Å². The van der Waals surface area contributed by atoms with Crippen molar-refractivity contribution in [3.63, 3.8) is 0 Å². The minimum absolute atomic E-state index is 0.617. The molecule has 0 aromatic heterocycles. The van der Waals surface area contributed by atoms with Gasteiger partial charge in [0.2, 0.25) is 0 Å². The van der Waals surface area contributed by atoms with Crippen LogP contribution in [0, 0.1) is 13.8 Å². The standard InChI is InChI=1S/C11H14ClN/c1-8-5-4-6-11(10(8)3)13-7-9(2)12/h4-6,13H,2,7H2,1,3H3. The van der Waals surface area contributed by atoms with Crippen LogP contribution in [0.2, 0.25) is 0 Å². The van der Waals surface area contributed by atoms with Crippen LogP contribution in [0.3, 0.4) is 0 Å². The molecule has 1 N–H and O–H groups in total. The van der Waals surface area contributed by atoms with Crippen LogP contribution in [0.15, 0.2) is 29.8 Å². The van der Waals surface area contributed by atoms with Crippen molar-refractivity contribution in [1.29, 1.82) is 0 Å². The van der Waals surface area contributed by atoms with Crippen LogP contribution in [0.25, 0.3) is 0 Å². The summed E-state index contributed by atoms with van der Waals surface area (Å²) in [5.74, 6) is 0. The Morgan fingerprint density at radius 1 is 1.46 bits per heavy atom. The number of benzene rings is 1. The molecule has 0 radical (unpaired) electrons. The summed E-state index contributed by atoms with van der Waals surface area (Å²) in [5.41, 5.74) is 3.67. The second-order valence-electron chi connectivity index (χ2n) is 3.12. The quantitative estimate of drug-likeness (QED) is 0.779. The number of hydrogen-bond acceptors (Lipinski definition) is 1. The van der Waals surface area contributed by atoms with Gasteiger partial charge < -0.3 is 5.32 Å². The largest absolute Gasteiger partial charge is 0.380 e. The Morgan fingerprint density at radius 3 is 2.77 bits per heavy atom. The molecule has 0 saturated heterocycles. The van der Waals surface area contributed by atoms with E-state index >= 15 is 0 Å². The molecule has 13 heavy (non-hydrogen) atoms. The van der Waals surface area contributed by atoms with E-state index < -0.39 is 0 Å². The van der Waals surface area contributed by atoms with Crippen molar-refractivity contribution in [1.82, 2.24) is 0 Å². The van der Waals surface area contributed by atoms with Gasteiger partial charge in [-0.15, -0.1) is 0 Å². The molecule has 2 heteroatoms. The second kappa shape index (κ2) is 4.33. The zero-order valence-corrected chi connectivity index (χ0v) is 8.78. The summed E-state index contributed by atoms with van der Waals surface area (Å²) in [4.78, 5) is 0. The number of aryl methyl sites for hydroxylation is 1. The number of halogens is 1. The highest BCUT2D eigenvalue weighted by Crippen LogP contribution is 2.18. The SMILES string of the molecule is C=C(Cl)CNc1cccc(C)c1C. The highest BCUT2D eigenvalue weighted by molar-refractivity contribution is 6.29. The molecule has 0 heterocycles. The minimum atomic E-state index is 0.617. The number of anilines is 1. The number of nitrogens with one attached hydrogen (secondary N) is 1. The van der Waals surface area contributed by atoms with E-state index in [0.717, 1.165) is 5.69 Å². The van der Waals surface area contributed by atoms with Crippen LogP contribution in [-0.2, 0) is 0 Å². The van der Waals surface area contributed by atoms with Crippen molar-refractivity contribution in [3.05, 3.63) is 40.9 Å². The average molecular weight is 196 g/mol. The van der Waals surface area contributed by atoms with Gasteiger partial charge in [-0.3, -0.25) is 0 Å². The number of hydrogen-bond donors (Lipinski definition) is 1. The Morgan fingerprint density at radius 2 is 2.15 bits per heavy atom. The van der Waals surface area contributed by atoms with Gasteiger partial charge in [0, 0.05) is 10.7 Å². The van der Waals surface area contributed by atoms with Crippen molar-refractivity contribution in [2.75, 3.05) is 11.9 Å². The lowest BCUT2D eigenvalue weighted by molar-refractivity contribution is 1.26. The zero-order valence-electron chi connectivity index (χ0n) is 8.02. The molecule has 1 aromatic carbocycles. The molecule has 0 atom stereocenters. The Hall–Kier alpha value is -0.950. The van der Waals surface area contributed by atoms with Crippen molar-refractivity contribution in [3.8, 4) is 0 Å². The maximum absolute atomic E-state index is 5.66. The summed E-state index contributed by atoms with van der Waals surface area (Å²) < 4.78 is 0. The van der Waals surface area contributed by atoms with Gasteiger partial charge in [0.1, 0.15) is 0 Å². The highest BCUT2D eigenvalue weighted by Gasteiger charge is 1.99. The minimum Gasteiger partial charge on any atom is -0.380 e. The van der Waals surface area contributed by atoms with Crippen molar-refractivity contribution < 1.29 is 0 Å². The van der Waals surface area contributed by atoms with E-state index in [9.17, 15) is 0 Å². The third-order valence-electron chi connectivity index (χ3n) is 2.08. The van der Waals surface area contributed by atoms with Crippen LogP contribution in [-0.4, -0.2) is 6.54 Å². The Bertz CT molecular complexity index is 318. The molecule has 0 spiro atoms. The van der Waals surface area contributed by atoms with E-state index in [4.69, 9.17) is 11.6 Å². The van der Waals surface area contributed by atoms with E-state index in [-0.39, 0.29) is 0 Å². The monoisotopic (exact) mass is 195 g/mol. The molecule has 0 bridgehead atoms. The van der Waals surface area contributed by atoms with Gasteiger partial charge in [-0.1, -0.05) is 30.3 Å². The molecule has 70 valence electrons. The van der Waals surface area contributed by atoms with E-state index in [2.05, 4.69) is 31.8 Å². The molecule has 1 nitrogen and oxygen atoms in total. The summed E-state index contributed by atoms with van der Waals surface area (Å²) >= 11 is 5.66. The summed E-state index contributed by atoms with van der Waals surface area (Å²) in [6.45, 7) is 8.43. The average Bonchev–Trinajstić information content (AvgIpc) is 2.07. The molecule has 0 saturated carbocycles. The molecule has 1 rings (SSSR count). The fourth-order valence-corrected chi connectivity index (χ4v) is 1.20. The molecule has 0 fully saturated rings. The fourth-order valence-electron chi connectivity index (χ4n) is 1.13. The lowest BCUT2D eigenvalue weighted by Gasteiger charge is -2.10. The third-order valence-corrected chi connectivity index (χ3v) is 2.21. The summed E-state index contributed by atoms with van der Waals surface area (Å²) in [5, 5.41) is 3.85. The smallest absolute Gasteiger partial charge is 0.0502 e. The van der Waals surface area contributed by atoms with Crippen LogP contribution in [0.4, 0.5) is 5.69 Å². The van der Waals surface area contributed by atoms with Gasteiger partial charge in [-0.25, -0.2) is 0 Å². The lowest BCUT2D eigenvalue weighted by Crippen LogP contribution is -2.02. The van der Waals surface area contributed by atoms with Gasteiger partial charge in [0.25, 0.3) is 0 Å². The van der Waals surface area contributed by atoms with Crippen LogP contribution in [0.5, 0.6) is 0 Å². The molecule has 1 aromatic rings. The van der Waals surface area contributed by atoms with Crippen LogP contribution >= 0.6 is 11.6 Å². The molecular weight excluding hydrogens is 182 g/mol. The van der Waals surface area contributed by atoms with E-state index in [0.29, 0.717) is 11.6 Å². The van der Waals surface area contributed by atoms with Crippen LogP contribution in [0.1, 0.15) is 11.1 Å². The van der Waals surface area contributed by atoms with E-state index in [1.807, 2.05) is 12.1 Å². The predicted octanol–water partition coefficient (Wildman–Crippen LogP) is 3.47. The molecule has 0 aliphatic heterocycles. The van der Waals surface area contributed by atoms with Gasteiger partial charge in [0.15, 0.2) is 0 Å². The fraction of sp³-hybridized carbons (Fsp3) is 0.273. The first kappa shape index (κ1) is 10.1. The maximum Gasteiger partial charge on any atom is 0.0502 e. The molecular formula is C11H14ClN. The van der Waals surface area contributed by atoms with Crippen molar-refractivity contribution in [2.45, 2.75) is 13.8 Å². The summed E-state index contributed by atoms with van der Waals surface area (Å²) in [6, 6.07) is 6.17. The highest BCUT2D eigenvalue weighted by atomic mass is 35.5. The Labute approximate surface area is 84.4 Å². The molecule has 0 aliphatic rings. The second-order valence-corrected chi connectivity index (χ2v) is 3.65. The van der Waals surface area contributed by atoms with Gasteiger partial charge in [-0.05, 0) is 31.0 Å². The zero-order chi connectivity index (χ0) is 9.84. The maximum atomic E-state index is 5.66. The summed E-state index contributed by atoms with van der Waals surface area (Å²) in [7, 11) is 0. The van der Waals surface area contributed by atoms with Gasteiger partial charge >= 0.3 is 0 Å². The Kier molecular flexibility index (Phi) is 3.38. The number of rotatable bonds is 3. The molecule has 0 unspecified atom stereocenters. The molecule has 0 amide bonds. The topological polar surface area (TPSA) is 12.0 Å². The van der Waals surface area contributed by atoms with Crippen LogP contribution < -0.4 is 5.32 Å². The summed E-state index contributed by atoms with van der Waals surface area (Å²) in [6.07, 6.45) is 0. The first-order valence-electron chi connectivity index (χ1n) is 4.24. The van der Waals surface area contributed by atoms with Crippen molar-refractivity contribution in [2.24, 2.45) is 0 Å². The lowest BCUT2D eigenvalue weighted by atomic mass is 10.1. The van der Waals surface area contributed by atoms with Gasteiger partial charge in [-0.2, -0.15) is 0 Å². The molecule has 0 aliphatic carbocycles. The normalized spacial score (nSPS) is 9.77. The third kappa shape index (κ3) is 2.78.